The fraction of sp³-hybridized carbons (Fsp3) is 0.353. The quantitative estimate of drug-likeness (QED) is 0.488. The van der Waals surface area contributed by atoms with Gasteiger partial charge >= 0.3 is 0 Å². The summed E-state index contributed by atoms with van der Waals surface area (Å²) in [6.45, 7) is 2.13. The number of piperidine rings is 1. The van der Waals surface area contributed by atoms with E-state index in [0.29, 0.717) is 41.2 Å². The molecule has 0 saturated carbocycles. The van der Waals surface area contributed by atoms with Crippen LogP contribution in [0.15, 0.2) is 24.4 Å². The number of nitrogens with zero attached hydrogens (tertiary/aromatic N) is 3. The molecule has 0 bridgehead atoms. The predicted molar refractivity (Wildman–Crippen MR) is 98.0 cm³/mol. The molecule has 7 nitrogen and oxygen atoms in total. The van der Waals surface area contributed by atoms with Gasteiger partial charge in [0.15, 0.2) is 11.6 Å². The first kappa shape index (κ1) is 17.1. The van der Waals surface area contributed by atoms with E-state index in [2.05, 4.69) is 15.3 Å². The van der Waals surface area contributed by atoms with Crippen LogP contribution in [0, 0.1) is 17.1 Å². The normalized spacial score (nSPS) is 15.2. The lowest BCUT2D eigenvalue weighted by atomic mass is 9.97. The van der Waals surface area contributed by atoms with Gasteiger partial charge in [-0.3, -0.25) is 0 Å². The van der Waals surface area contributed by atoms with Crippen LogP contribution in [0.25, 0.3) is 0 Å². The third-order valence-electron chi connectivity index (χ3n) is 4.47. The molecular weight excluding hydrogens is 321 g/mol. The molecule has 1 aromatic heterocycles. The maximum absolute atomic E-state index is 14.2. The van der Waals surface area contributed by atoms with Crippen LogP contribution in [0.5, 0.6) is 0 Å². The zero-order chi connectivity index (χ0) is 17.8. The maximum Gasteiger partial charge on any atom is 0.229 e. The molecule has 2 heterocycles. The molecule has 0 aliphatic carbocycles. The third kappa shape index (κ3) is 3.85. The van der Waals surface area contributed by atoms with E-state index in [1.165, 1.54) is 12.4 Å². The summed E-state index contributed by atoms with van der Waals surface area (Å²) in [5.74, 6) is 0.667. The van der Waals surface area contributed by atoms with E-state index in [1.54, 1.807) is 18.2 Å². The zero-order valence-electron chi connectivity index (χ0n) is 13.9. The molecule has 25 heavy (non-hydrogen) atoms. The zero-order valence-corrected chi connectivity index (χ0v) is 13.9. The molecule has 1 aliphatic rings. The van der Waals surface area contributed by atoms with E-state index in [-0.39, 0.29) is 0 Å². The van der Waals surface area contributed by atoms with Gasteiger partial charge in [-0.1, -0.05) is 0 Å². The number of anilines is 4. The highest BCUT2D eigenvalue weighted by molar-refractivity contribution is 5.86. The summed E-state index contributed by atoms with van der Waals surface area (Å²) in [7, 11) is 0. The van der Waals surface area contributed by atoms with Gasteiger partial charge in [-0.25, -0.2) is 9.37 Å². The van der Waals surface area contributed by atoms with Crippen molar-refractivity contribution in [3.63, 3.8) is 0 Å². The van der Waals surface area contributed by atoms with Crippen molar-refractivity contribution in [2.24, 2.45) is 11.7 Å². The Morgan fingerprint density at radius 1 is 1.36 bits per heavy atom. The fourth-order valence-electron chi connectivity index (χ4n) is 2.93. The van der Waals surface area contributed by atoms with Gasteiger partial charge < -0.3 is 27.1 Å². The average molecular weight is 343 g/mol. The summed E-state index contributed by atoms with van der Waals surface area (Å²) in [6.07, 6.45) is 4.24. The summed E-state index contributed by atoms with van der Waals surface area (Å²) in [5, 5.41) is 10.3. The highest BCUT2D eigenvalue weighted by Gasteiger charge is 2.22. The number of nitrogens with two attached hydrogens (primary N) is 2. The van der Waals surface area contributed by atoms with Crippen molar-refractivity contribution in [1.82, 2.24) is 9.97 Å². The number of halogens is 1. The minimum Gasteiger partial charge on any atom is -0.398 e. The van der Waals surface area contributed by atoms with Gasteiger partial charge in [0.25, 0.3) is 0 Å². The monoisotopic (exact) mass is 343 g/mol. The second-order valence-electron chi connectivity index (χ2n) is 6.14. The van der Waals surface area contributed by atoms with Crippen molar-refractivity contribution in [3.8, 4) is 0 Å². The van der Waals surface area contributed by atoms with Crippen molar-refractivity contribution in [3.05, 3.63) is 35.8 Å². The Morgan fingerprint density at radius 2 is 2.12 bits per heavy atom. The van der Waals surface area contributed by atoms with Crippen LogP contribution in [0.2, 0.25) is 0 Å². The number of hydrogen-bond donors (Lipinski definition) is 4. The summed E-state index contributed by atoms with van der Waals surface area (Å²) >= 11 is 0. The molecule has 1 aromatic carbocycles. The lowest BCUT2D eigenvalue weighted by molar-refractivity contribution is 0.409. The van der Waals surface area contributed by atoms with Crippen molar-refractivity contribution < 1.29 is 4.39 Å². The average Bonchev–Trinajstić information content (AvgIpc) is 2.63. The Hall–Kier alpha value is -2.74. The standard InChI is InChI=1S/C17H22FN7/c18-14-10-22-17(23-13-2-1-12(9-20)15(21)7-13)24-16(14)25-5-3-11(8-19)4-6-25/h1-2,7,9-11,20H,3-6,8,19,21H2,(H,22,23,24). The highest BCUT2D eigenvalue weighted by atomic mass is 19.1. The Balaban J connectivity index is 1.77. The molecule has 6 N–H and O–H groups in total. The van der Waals surface area contributed by atoms with E-state index < -0.39 is 5.82 Å². The van der Waals surface area contributed by atoms with Crippen LogP contribution in [-0.2, 0) is 0 Å². The molecule has 0 radical (unpaired) electrons. The van der Waals surface area contributed by atoms with Gasteiger partial charge in [0, 0.05) is 36.2 Å². The molecule has 1 fully saturated rings. The second kappa shape index (κ2) is 7.43. The predicted octanol–water partition coefficient (Wildman–Crippen LogP) is 2.11. The lowest BCUT2D eigenvalue weighted by Crippen LogP contribution is -2.37. The molecule has 2 aromatic rings. The number of nitrogen functional groups attached to an aromatic ring is 1. The number of aromatic nitrogens is 2. The van der Waals surface area contributed by atoms with Crippen molar-refractivity contribution in [1.29, 1.82) is 5.41 Å². The molecule has 3 rings (SSSR count). The van der Waals surface area contributed by atoms with Crippen LogP contribution in [0.1, 0.15) is 18.4 Å². The second-order valence-corrected chi connectivity index (χ2v) is 6.14. The maximum atomic E-state index is 14.2. The Kier molecular flexibility index (Phi) is 5.08. The SMILES string of the molecule is N=Cc1ccc(Nc2ncc(F)c(N3CCC(CN)CC3)n2)cc1N. The Bertz CT molecular complexity index is 757. The molecular formula is C17H22FN7. The minimum atomic E-state index is -0.435. The molecule has 1 saturated heterocycles. The summed E-state index contributed by atoms with van der Waals surface area (Å²) in [4.78, 5) is 10.3. The van der Waals surface area contributed by atoms with Crippen LogP contribution in [-0.4, -0.2) is 35.8 Å². The Morgan fingerprint density at radius 3 is 2.76 bits per heavy atom. The fourth-order valence-corrected chi connectivity index (χ4v) is 2.93. The van der Waals surface area contributed by atoms with Crippen molar-refractivity contribution >= 4 is 29.4 Å². The van der Waals surface area contributed by atoms with Gasteiger partial charge in [-0.15, -0.1) is 0 Å². The van der Waals surface area contributed by atoms with E-state index in [9.17, 15) is 4.39 Å². The first-order chi connectivity index (χ1) is 12.1. The molecule has 8 heteroatoms. The number of benzene rings is 1. The van der Waals surface area contributed by atoms with E-state index in [4.69, 9.17) is 16.9 Å². The third-order valence-corrected chi connectivity index (χ3v) is 4.47. The van der Waals surface area contributed by atoms with Gasteiger partial charge in [-0.05, 0) is 43.5 Å². The van der Waals surface area contributed by atoms with E-state index >= 15 is 0 Å². The van der Waals surface area contributed by atoms with Crippen LogP contribution in [0.4, 0.5) is 27.5 Å². The first-order valence-corrected chi connectivity index (χ1v) is 8.25. The van der Waals surface area contributed by atoms with E-state index in [1.807, 2.05) is 4.90 Å². The number of nitrogens with one attached hydrogen (secondary N) is 2. The number of hydrogen-bond acceptors (Lipinski definition) is 7. The molecule has 132 valence electrons. The van der Waals surface area contributed by atoms with E-state index in [0.717, 1.165) is 25.9 Å². The summed E-state index contributed by atoms with van der Waals surface area (Å²) in [5.41, 5.74) is 13.4. The smallest absolute Gasteiger partial charge is 0.229 e. The topological polar surface area (TPSA) is 117 Å². The highest BCUT2D eigenvalue weighted by Crippen LogP contribution is 2.25. The van der Waals surface area contributed by atoms with Crippen molar-refractivity contribution in [2.75, 3.05) is 35.6 Å². The first-order valence-electron chi connectivity index (χ1n) is 8.25. The summed E-state index contributed by atoms with van der Waals surface area (Å²) < 4.78 is 14.2. The molecule has 0 spiro atoms. The van der Waals surface area contributed by atoms with Gasteiger partial charge in [0.05, 0.1) is 6.20 Å². The largest absolute Gasteiger partial charge is 0.398 e. The van der Waals surface area contributed by atoms with Crippen molar-refractivity contribution in [2.45, 2.75) is 12.8 Å². The van der Waals surface area contributed by atoms with Crippen LogP contribution < -0.4 is 21.7 Å². The number of rotatable bonds is 5. The molecule has 1 aliphatic heterocycles. The Labute approximate surface area is 145 Å². The van der Waals surface area contributed by atoms with Crippen LogP contribution >= 0.6 is 0 Å². The summed E-state index contributed by atoms with van der Waals surface area (Å²) in [6, 6.07) is 5.20. The molecule has 0 atom stereocenters. The van der Waals surface area contributed by atoms with Gasteiger partial charge in [-0.2, -0.15) is 4.98 Å². The van der Waals surface area contributed by atoms with Crippen LogP contribution in [0.3, 0.4) is 0 Å². The molecule has 0 unspecified atom stereocenters. The minimum absolute atomic E-state index is 0.303. The van der Waals surface area contributed by atoms with Gasteiger partial charge in [0.1, 0.15) is 0 Å². The van der Waals surface area contributed by atoms with Gasteiger partial charge in [0.2, 0.25) is 5.95 Å². The molecule has 0 amide bonds. The lowest BCUT2D eigenvalue weighted by Gasteiger charge is -2.32.